The first-order chi connectivity index (χ1) is 17.8. The third kappa shape index (κ3) is 6.38. The highest BCUT2D eigenvalue weighted by molar-refractivity contribution is 5.80. The molecule has 0 radical (unpaired) electrons. The highest BCUT2D eigenvalue weighted by atomic mass is 16.2. The summed E-state index contributed by atoms with van der Waals surface area (Å²) >= 11 is 0. The molecule has 0 aliphatic carbocycles. The summed E-state index contributed by atoms with van der Waals surface area (Å²) in [6.07, 6.45) is 14.9. The second kappa shape index (κ2) is 12.3. The molecule has 0 spiro atoms. The standard InChI is InChI=1S/C31H38N4O/c36-31(30-24-34-19-16-28(30)23-34)35(22-27-8-2-1-3-9-27)29(14-4-10-25-12-6-17-32-20-25)15-5-11-26-13-7-18-33-21-26/h1-3,6-9,12-13,17-18,20-21,28-30H,4-5,10-11,14-16,19,22-24H2. The van der Waals surface area contributed by atoms with E-state index in [1.54, 1.807) is 0 Å². The number of fused-ring (bicyclic) bond motifs is 2. The molecule has 5 heteroatoms. The molecule has 2 saturated heterocycles. The Morgan fingerprint density at radius 3 is 2.03 bits per heavy atom. The van der Waals surface area contributed by atoms with E-state index in [9.17, 15) is 4.79 Å². The van der Waals surface area contributed by atoms with Crippen molar-refractivity contribution in [3.63, 3.8) is 0 Å². The fraction of sp³-hybridized carbons (Fsp3) is 0.452. The van der Waals surface area contributed by atoms with Gasteiger partial charge in [0.25, 0.3) is 0 Å². The van der Waals surface area contributed by atoms with Gasteiger partial charge in [0, 0.05) is 50.5 Å². The zero-order valence-electron chi connectivity index (χ0n) is 21.2. The lowest BCUT2D eigenvalue weighted by molar-refractivity contribution is -0.140. The predicted octanol–water partition coefficient (Wildman–Crippen LogP) is 5.17. The maximum absolute atomic E-state index is 14.1. The Morgan fingerprint density at radius 1 is 0.861 bits per heavy atom. The third-order valence-corrected chi connectivity index (χ3v) is 8.02. The Labute approximate surface area is 215 Å². The molecular weight excluding hydrogens is 444 g/mol. The fourth-order valence-corrected chi connectivity index (χ4v) is 6.08. The summed E-state index contributed by atoms with van der Waals surface area (Å²) in [5, 5.41) is 0. The Kier molecular flexibility index (Phi) is 8.39. The SMILES string of the molecule is O=C(C1CN2CCC1C2)N(Cc1ccccc1)C(CCCc1cccnc1)CCCc1cccnc1. The van der Waals surface area contributed by atoms with Gasteiger partial charge in [-0.15, -0.1) is 0 Å². The summed E-state index contributed by atoms with van der Waals surface area (Å²) in [5.74, 6) is 1.06. The molecule has 188 valence electrons. The number of nitrogens with zero attached hydrogens (tertiary/aromatic N) is 4. The van der Waals surface area contributed by atoms with Crippen LogP contribution in [0.4, 0.5) is 0 Å². The summed E-state index contributed by atoms with van der Waals surface area (Å²) < 4.78 is 0. The number of pyridine rings is 2. The second-order valence-electron chi connectivity index (χ2n) is 10.5. The predicted molar refractivity (Wildman–Crippen MR) is 143 cm³/mol. The first-order valence-corrected chi connectivity index (χ1v) is 13.6. The number of aromatic nitrogens is 2. The summed E-state index contributed by atoms with van der Waals surface area (Å²) in [6, 6.07) is 19.1. The van der Waals surface area contributed by atoms with E-state index in [4.69, 9.17) is 0 Å². The maximum atomic E-state index is 14.1. The fourth-order valence-electron chi connectivity index (χ4n) is 6.08. The number of carbonyl (C=O) groups excluding carboxylic acids is 1. The monoisotopic (exact) mass is 482 g/mol. The van der Waals surface area contributed by atoms with Crippen LogP contribution in [0.5, 0.6) is 0 Å². The van der Waals surface area contributed by atoms with Crippen LogP contribution < -0.4 is 0 Å². The molecule has 0 saturated carbocycles. The van der Waals surface area contributed by atoms with Crippen LogP contribution in [-0.4, -0.2) is 51.4 Å². The maximum Gasteiger partial charge on any atom is 0.227 e. The summed E-state index contributed by atoms with van der Waals surface area (Å²) in [4.78, 5) is 27.4. The van der Waals surface area contributed by atoms with Gasteiger partial charge < -0.3 is 9.80 Å². The molecule has 0 N–H and O–H groups in total. The van der Waals surface area contributed by atoms with Crippen molar-refractivity contribution in [2.45, 2.75) is 57.5 Å². The lowest BCUT2D eigenvalue weighted by atomic mass is 9.89. The van der Waals surface area contributed by atoms with Gasteiger partial charge in [0.2, 0.25) is 5.91 Å². The van der Waals surface area contributed by atoms with Gasteiger partial charge in [-0.2, -0.15) is 0 Å². The zero-order chi connectivity index (χ0) is 24.6. The Morgan fingerprint density at radius 2 is 1.50 bits per heavy atom. The van der Waals surface area contributed by atoms with Crippen molar-refractivity contribution in [3.8, 4) is 0 Å². The van der Waals surface area contributed by atoms with Gasteiger partial charge in [-0.1, -0.05) is 42.5 Å². The number of benzene rings is 1. The molecule has 3 atom stereocenters. The number of carbonyl (C=O) groups is 1. The molecule has 5 rings (SSSR count). The average Bonchev–Trinajstić information content (AvgIpc) is 3.57. The van der Waals surface area contributed by atoms with Crippen molar-refractivity contribution in [1.82, 2.24) is 19.8 Å². The summed E-state index contributed by atoms with van der Waals surface area (Å²) in [5.41, 5.74) is 3.76. The zero-order valence-corrected chi connectivity index (χ0v) is 21.2. The van der Waals surface area contributed by atoms with Gasteiger partial charge in [-0.05, 0) is 86.2 Å². The van der Waals surface area contributed by atoms with E-state index in [-0.39, 0.29) is 12.0 Å². The molecule has 3 unspecified atom stereocenters. The minimum atomic E-state index is 0.154. The molecule has 2 fully saturated rings. The van der Waals surface area contributed by atoms with Crippen LogP contribution in [0.25, 0.3) is 0 Å². The lowest BCUT2D eigenvalue weighted by Crippen LogP contribution is -2.46. The summed E-state index contributed by atoms with van der Waals surface area (Å²) in [7, 11) is 0. The van der Waals surface area contributed by atoms with Gasteiger partial charge in [-0.3, -0.25) is 14.8 Å². The molecule has 1 aromatic carbocycles. The van der Waals surface area contributed by atoms with Gasteiger partial charge in [0.1, 0.15) is 0 Å². The van der Waals surface area contributed by atoms with Crippen LogP contribution in [0.3, 0.4) is 0 Å². The van der Waals surface area contributed by atoms with Crippen LogP contribution in [-0.2, 0) is 24.2 Å². The number of amides is 1. The van der Waals surface area contributed by atoms with Crippen molar-refractivity contribution in [3.05, 3.63) is 96.1 Å². The average molecular weight is 483 g/mol. The van der Waals surface area contributed by atoms with Crippen molar-refractivity contribution >= 4 is 5.91 Å². The number of hydrogen-bond donors (Lipinski definition) is 0. The Bertz CT molecular complexity index is 1030. The van der Waals surface area contributed by atoms with E-state index in [0.717, 1.165) is 58.2 Å². The van der Waals surface area contributed by atoms with Gasteiger partial charge in [-0.25, -0.2) is 0 Å². The number of piperidine rings is 1. The Hall–Kier alpha value is -3.05. The molecule has 4 heterocycles. The molecule has 5 nitrogen and oxygen atoms in total. The minimum absolute atomic E-state index is 0.154. The van der Waals surface area contributed by atoms with Crippen molar-refractivity contribution in [2.75, 3.05) is 19.6 Å². The molecule has 1 amide bonds. The quantitative estimate of drug-likeness (QED) is 0.357. The van der Waals surface area contributed by atoms with Crippen LogP contribution in [0.2, 0.25) is 0 Å². The molecule has 36 heavy (non-hydrogen) atoms. The topological polar surface area (TPSA) is 49.3 Å². The van der Waals surface area contributed by atoms with Crippen LogP contribution in [0, 0.1) is 11.8 Å². The van der Waals surface area contributed by atoms with Gasteiger partial charge >= 0.3 is 0 Å². The van der Waals surface area contributed by atoms with E-state index in [1.165, 1.54) is 23.1 Å². The minimum Gasteiger partial charge on any atom is -0.335 e. The molecule has 2 aromatic heterocycles. The first kappa shape index (κ1) is 24.6. The Balaban J connectivity index is 1.32. The summed E-state index contributed by atoms with van der Waals surface area (Å²) in [6.45, 7) is 3.90. The third-order valence-electron chi connectivity index (χ3n) is 8.02. The van der Waals surface area contributed by atoms with E-state index in [0.29, 0.717) is 18.4 Å². The molecule has 2 aliphatic heterocycles. The van der Waals surface area contributed by atoms with E-state index in [2.05, 4.69) is 62.2 Å². The molecule has 2 bridgehead atoms. The molecular formula is C31H38N4O. The van der Waals surface area contributed by atoms with Crippen LogP contribution in [0.1, 0.15) is 48.8 Å². The van der Waals surface area contributed by atoms with Gasteiger partial charge in [0.05, 0.1) is 5.92 Å². The smallest absolute Gasteiger partial charge is 0.227 e. The number of aryl methyl sites for hydroxylation is 2. The van der Waals surface area contributed by atoms with Gasteiger partial charge in [0.15, 0.2) is 0 Å². The first-order valence-electron chi connectivity index (χ1n) is 13.6. The normalized spacial score (nSPS) is 20.6. The number of rotatable bonds is 12. The van der Waals surface area contributed by atoms with E-state index >= 15 is 0 Å². The second-order valence-corrected chi connectivity index (χ2v) is 10.5. The molecule has 3 aromatic rings. The highest BCUT2D eigenvalue weighted by Gasteiger charge is 2.44. The van der Waals surface area contributed by atoms with Crippen LogP contribution >= 0.6 is 0 Å². The van der Waals surface area contributed by atoms with Crippen molar-refractivity contribution in [1.29, 1.82) is 0 Å². The van der Waals surface area contributed by atoms with E-state index < -0.39 is 0 Å². The van der Waals surface area contributed by atoms with Crippen LogP contribution in [0.15, 0.2) is 79.4 Å². The largest absolute Gasteiger partial charge is 0.335 e. The molecule has 2 aliphatic rings. The number of hydrogen-bond acceptors (Lipinski definition) is 4. The van der Waals surface area contributed by atoms with E-state index in [1.807, 2.05) is 36.9 Å². The van der Waals surface area contributed by atoms with Crippen molar-refractivity contribution in [2.24, 2.45) is 11.8 Å². The van der Waals surface area contributed by atoms with Crippen molar-refractivity contribution < 1.29 is 4.79 Å². The lowest BCUT2D eigenvalue weighted by Gasteiger charge is -2.36. The highest BCUT2D eigenvalue weighted by Crippen LogP contribution is 2.35.